The van der Waals surface area contributed by atoms with Gasteiger partial charge >= 0.3 is 0 Å². The fraction of sp³-hybridized carbons (Fsp3) is 0.0625. The molecule has 24 heavy (non-hydrogen) atoms. The summed E-state index contributed by atoms with van der Waals surface area (Å²) in [6, 6.07) is 3.12. The monoisotopic (exact) mass is 322 g/mol. The van der Waals surface area contributed by atoms with Crippen molar-refractivity contribution in [2.24, 2.45) is 0 Å². The maximum Gasteiger partial charge on any atom is 0.295 e. The van der Waals surface area contributed by atoms with Crippen molar-refractivity contribution in [3.8, 4) is 11.8 Å². The number of halogens is 1. The summed E-state index contributed by atoms with van der Waals surface area (Å²) in [6.07, 6.45) is 3.03. The van der Waals surface area contributed by atoms with Gasteiger partial charge in [-0.25, -0.2) is 14.4 Å². The van der Waals surface area contributed by atoms with Crippen molar-refractivity contribution in [3.63, 3.8) is 0 Å². The van der Waals surface area contributed by atoms with Crippen LogP contribution < -0.4 is 11.1 Å². The van der Waals surface area contributed by atoms with Gasteiger partial charge < -0.3 is 20.5 Å². The van der Waals surface area contributed by atoms with Crippen LogP contribution in [0.25, 0.3) is 22.1 Å². The molecular formula is C16H11FN6O. The van der Waals surface area contributed by atoms with Crippen molar-refractivity contribution in [2.45, 2.75) is 0 Å². The largest absolute Gasteiger partial charge is 0.423 e. The van der Waals surface area contributed by atoms with Crippen LogP contribution in [0, 0.1) is 17.7 Å². The van der Waals surface area contributed by atoms with Crippen LogP contribution in [-0.2, 0) is 0 Å². The van der Waals surface area contributed by atoms with Crippen LogP contribution in [0.4, 0.5) is 16.2 Å². The van der Waals surface area contributed by atoms with E-state index in [-0.39, 0.29) is 5.56 Å². The zero-order valence-electron chi connectivity index (χ0n) is 12.5. The first-order chi connectivity index (χ1) is 11.7. The molecule has 0 bridgehead atoms. The number of H-pyrrole nitrogens is 1. The summed E-state index contributed by atoms with van der Waals surface area (Å²) in [5, 5.41) is 3.38. The standard InChI is InChI=1S/C16H11FN6O/c1-19-16-23-11-4-8(10(17)5-12(11)24-16)2-3-9-6-20-15-13(9)14(18)21-7-22-15/h4-7H,1H3,(H,19,23)(H3,18,20,21,22). The molecule has 0 radical (unpaired) electrons. The van der Waals surface area contributed by atoms with Gasteiger partial charge in [0.2, 0.25) is 0 Å². The number of rotatable bonds is 1. The summed E-state index contributed by atoms with van der Waals surface area (Å²) < 4.78 is 19.5. The average molecular weight is 322 g/mol. The Balaban J connectivity index is 1.82. The van der Waals surface area contributed by atoms with Gasteiger partial charge in [-0.1, -0.05) is 11.8 Å². The number of aromatic nitrogens is 4. The van der Waals surface area contributed by atoms with E-state index in [1.54, 1.807) is 13.2 Å². The predicted molar refractivity (Wildman–Crippen MR) is 87.8 cm³/mol. The lowest BCUT2D eigenvalue weighted by atomic mass is 10.1. The van der Waals surface area contributed by atoms with Gasteiger partial charge in [-0.15, -0.1) is 0 Å². The summed E-state index contributed by atoms with van der Waals surface area (Å²) in [5.74, 6) is 5.52. The van der Waals surface area contributed by atoms with Gasteiger partial charge in [0.05, 0.1) is 16.5 Å². The number of nitrogens with one attached hydrogen (secondary N) is 2. The van der Waals surface area contributed by atoms with E-state index in [2.05, 4.69) is 37.1 Å². The van der Waals surface area contributed by atoms with E-state index in [1.165, 1.54) is 18.5 Å². The van der Waals surface area contributed by atoms with Crippen LogP contribution in [0.2, 0.25) is 0 Å². The molecule has 0 aliphatic rings. The lowest BCUT2D eigenvalue weighted by Crippen LogP contribution is -1.92. The fourth-order valence-electron chi connectivity index (χ4n) is 2.37. The Hall–Kier alpha value is -3.60. The molecule has 0 fully saturated rings. The van der Waals surface area contributed by atoms with Gasteiger partial charge in [0, 0.05) is 19.3 Å². The quantitative estimate of drug-likeness (QED) is 0.464. The molecule has 0 spiro atoms. The molecule has 0 saturated heterocycles. The highest BCUT2D eigenvalue weighted by molar-refractivity contribution is 5.91. The normalized spacial score (nSPS) is 10.8. The van der Waals surface area contributed by atoms with Crippen LogP contribution in [0.3, 0.4) is 0 Å². The highest BCUT2D eigenvalue weighted by atomic mass is 19.1. The minimum absolute atomic E-state index is 0.211. The summed E-state index contributed by atoms with van der Waals surface area (Å²) in [5.41, 5.74) is 8.11. The Morgan fingerprint density at radius 3 is 2.92 bits per heavy atom. The van der Waals surface area contributed by atoms with Gasteiger partial charge in [-0.3, -0.25) is 0 Å². The number of nitrogens with zero attached hydrogens (tertiary/aromatic N) is 3. The van der Waals surface area contributed by atoms with Gasteiger partial charge in [0.1, 0.15) is 29.1 Å². The van der Waals surface area contributed by atoms with Gasteiger partial charge in [0.15, 0.2) is 5.58 Å². The van der Waals surface area contributed by atoms with E-state index in [1.807, 2.05) is 0 Å². The minimum atomic E-state index is -0.488. The zero-order chi connectivity index (χ0) is 16.7. The first-order valence-corrected chi connectivity index (χ1v) is 7.03. The second kappa shape index (κ2) is 5.24. The van der Waals surface area contributed by atoms with E-state index < -0.39 is 5.82 Å². The van der Waals surface area contributed by atoms with Crippen LogP contribution >= 0.6 is 0 Å². The lowest BCUT2D eigenvalue weighted by Gasteiger charge is -1.95. The molecule has 0 unspecified atom stereocenters. The maximum atomic E-state index is 14.2. The summed E-state index contributed by atoms with van der Waals surface area (Å²) >= 11 is 0. The van der Waals surface area contributed by atoms with Crippen LogP contribution in [0.15, 0.2) is 29.1 Å². The third kappa shape index (κ3) is 2.19. The van der Waals surface area contributed by atoms with E-state index in [0.717, 1.165) is 0 Å². The molecule has 4 rings (SSSR count). The SMILES string of the molecule is CNc1nc2cc(C#Cc3c[nH]c4ncnc(N)c34)c(F)cc2o1. The molecule has 1 aromatic carbocycles. The Morgan fingerprint density at radius 2 is 2.08 bits per heavy atom. The topological polar surface area (TPSA) is 106 Å². The minimum Gasteiger partial charge on any atom is -0.423 e. The molecule has 7 nitrogen and oxygen atoms in total. The molecule has 0 amide bonds. The predicted octanol–water partition coefficient (Wildman–Crippen LogP) is 2.26. The summed E-state index contributed by atoms with van der Waals surface area (Å²) in [7, 11) is 1.67. The van der Waals surface area contributed by atoms with Crippen LogP contribution in [0.5, 0.6) is 0 Å². The second-order valence-corrected chi connectivity index (χ2v) is 5.00. The zero-order valence-corrected chi connectivity index (χ0v) is 12.5. The number of anilines is 2. The number of oxazole rings is 1. The number of aromatic amines is 1. The molecule has 0 aliphatic carbocycles. The second-order valence-electron chi connectivity index (χ2n) is 5.00. The van der Waals surface area contributed by atoms with Crippen LogP contribution in [-0.4, -0.2) is 27.0 Å². The third-order valence-electron chi connectivity index (χ3n) is 3.52. The Labute approximate surface area is 135 Å². The molecule has 3 aromatic heterocycles. The van der Waals surface area contributed by atoms with Crippen molar-refractivity contribution < 1.29 is 8.81 Å². The molecule has 8 heteroatoms. The molecule has 4 N–H and O–H groups in total. The van der Waals surface area contributed by atoms with Crippen molar-refractivity contribution >= 4 is 34.0 Å². The summed E-state index contributed by atoms with van der Waals surface area (Å²) in [4.78, 5) is 15.2. The molecule has 3 heterocycles. The lowest BCUT2D eigenvalue weighted by molar-refractivity contribution is 0.601. The molecule has 4 aromatic rings. The number of nitrogen functional groups attached to an aromatic ring is 1. The van der Waals surface area contributed by atoms with Crippen molar-refractivity contribution in [1.82, 2.24) is 19.9 Å². The van der Waals surface area contributed by atoms with E-state index in [9.17, 15) is 4.39 Å². The van der Waals surface area contributed by atoms with Gasteiger partial charge in [0.25, 0.3) is 6.01 Å². The molecule has 118 valence electrons. The number of hydrogen-bond donors (Lipinski definition) is 3. The van der Waals surface area contributed by atoms with Crippen molar-refractivity contribution in [2.75, 3.05) is 18.1 Å². The van der Waals surface area contributed by atoms with E-state index in [4.69, 9.17) is 10.2 Å². The Kier molecular flexibility index (Phi) is 3.06. The molecule has 0 atom stereocenters. The number of benzene rings is 1. The van der Waals surface area contributed by atoms with Gasteiger partial charge in [-0.05, 0) is 6.07 Å². The fourth-order valence-corrected chi connectivity index (χ4v) is 2.37. The Bertz CT molecular complexity index is 1130. The van der Waals surface area contributed by atoms with Crippen molar-refractivity contribution in [3.05, 3.63) is 41.6 Å². The average Bonchev–Trinajstić information content (AvgIpc) is 3.16. The molecular weight excluding hydrogens is 311 g/mol. The van der Waals surface area contributed by atoms with Gasteiger partial charge in [-0.2, -0.15) is 4.98 Å². The van der Waals surface area contributed by atoms with Crippen LogP contribution in [0.1, 0.15) is 11.1 Å². The Morgan fingerprint density at radius 1 is 1.25 bits per heavy atom. The molecule has 0 aliphatic heterocycles. The molecule has 0 saturated carbocycles. The highest BCUT2D eigenvalue weighted by Crippen LogP contribution is 2.23. The highest BCUT2D eigenvalue weighted by Gasteiger charge is 2.10. The number of hydrogen-bond acceptors (Lipinski definition) is 6. The van der Waals surface area contributed by atoms with E-state index in [0.29, 0.717) is 39.5 Å². The van der Waals surface area contributed by atoms with E-state index >= 15 is 0 Å². The van der Waals surface area contributed by atoms with Crippen molar-refractivity contribution in [1.29, 1.82) is 0 Å². The number of nitrogens with two attached hydrogens (primary N) is 1. The maximum absolute atomic E-state index is 14.2. The first-order valence-electron chi connectivity index (χ1n) is 7.03. The first kappa shape index (κ1) is 14.0. The summed E-state index contributed by atoms with van der Waals surface area (Å²) in [6.45, 7) is 0. The smallest absolute Gasteiger partial charge is 0.295 e. The third-order valence-corrected chi connectivity index (χ3v) is 3.52. The number of fused-ring (bicyclic) bond motifs is 2.